The molecule has 0 radical (unpaired) electrons. The van der Waals surface area contributed by atoms with Crippen LogP contribution in [0.2, 0.25) is 0 Å². The molecule has 1 aromatic rings. The first-order valence-corrected chi connectivity index (χ1v) is 7.43. The minimum Gasteiger partial charge on any atom is -0.399 e. The van der Waals surface area contributed by atoms with E-state index in [0.29, 0.717) is 5.92 Å². The van der Waals surface area contributed by atoms with E-state index >= 15 is 0 Å². The van der Waals surface area contributed by atoms with E-state index in [0.717, 1.165) is 38.3 Å². The molecular formula is C17H26N2O. The number of ether oxygens (including phenoxy) is 1. The van der Waals surface area contributed by atoms with Crippen molar-refractivity contribution in [3.05, 3.63) is 41.5 Å². The van der Waals surface area contributed by atoms with Crippen molar-refractivity contribution in [2.75, 3.05) is 39.1 Å². The molecule has 0 amide bonds. The Bertz CT molecular complexity index is 439. The summed E-state index contributed by atoms with van der Waals surface area (Å²) >= 11 is 0. The fourth-order valence-electron chi connectivity index (χ4n) is 2.64. The number of anilines is 1. The van der Waals surface area contributed by atoms with Gasteiger partial charge < -0.3 is 10.5 Å². The average Bonchev–Trinajstić information content (AvgIpc) is 2.47. The fraction of sp³-hybridized carbons (Fsp3) is 0.529. The zero-order valence-electron chi connectivity index (χ0n) is 12.6. The third-order valence-electron chi connectivity index (χ3n) is 4.10. The molecule has 1 aliphatic heterocycles. The maximum atomic E-state index is 5.73. The highest BCUT2D eigenvalue weighted by Gasteiger charge is 2.13. The molecule has 1 unspecified atom stereocenters. The number of nitrogen functional groups attached to an aromatic ring is 1. The molecule has 2 N–H and O–H groups in total. The molecule has 0 spiro atoms. The molecule has 0 saturated heterocycles. The second-order valence-corrected chi connectivity index (χ2v) is 5.70. The summed E-state index contributed by atoms with van der Waals surface area (Å²) < 4.78 is 5.19. The van der Waals surface area contributed by atoms with Crippen molar-refractivity contribution in [3.8, 4) is 0 Å². The highest BCUT2D eigenvalue weighted by atomic mass is 16.5. The third kappa shape index (κ3) is 4.36. The minimum atomic E-state index is 0.583. The summed E-state index contributed by atoms with van der Waals surface area (Å²) in [4.78, 5) is 2.52. The van der Waals surface area contributed by atoms with Gasteiger partial charge in [0.25, 0.3) is 0 Å². The van der Waals surface area contributed by atoms with Crippen molar-refractivity contribution in [2.45, 2.75) is 25.7 Å². The Labute approximate surface area is 122 Å². The second kappa shape index (κ2) is 7.46. The van der Waals surface area contributed by atoms with E-state index in [4.69, 9.17) is 10.5 Å². The highest BCUT2D eigenvalue weighted by Crippen LogP contribution is 2.21. The summed E-state index contributed by atoms with van der Waals surface area (Å²) in [6.07, 6.45) is 4.66. The predicted octanol–water partition coefficient (Wildman–Crippen LogP) is 3.04. The Morgan fingerprint density at radius 1 is 1.30 bits per heavy atom. The number of methoxy groups -OCH3 is 1. The number of nitrogens with zero attached hydrogens (tertiary/aromatic N) is 1. The number of hydrogen-bond donors (Lipinski definition) is 1. The molecule has 2 rings (SSSR count). The van der Waals surface area contributed by atoms with Crippen molar-refractivity contribution >= 4 is 5.69 Å². The molecule has 1 atom stereocenters. The Morgan fingerprint density at radius 2 is 2.05 bits per heavy atom. The van der Waals surface area contributed by atoms with Crippen LogP contribution < -0.4 is 5.73 Å². The lowest BCUT2D eigenvalue weighted by atomic mass is 9.97. The van der Waals surface area contributed by atoms with Crippen LogP contribution in [-0.2, 0) is 4.74 Å². The Balaban J connectivity index is 1.77. The van der Waals surface area contributed by atoms with Crippen LogP contribution in [0.5, 0.6) is 0 Å². The molecule has 1 aliphatic rings. The van der Waals surface area contributed by atoms with E-state index in [9.17, 15) is 0 Å². The lowest BCUT2D eigenvalue weighted by Crippen LogP contribution is -2.31. The molecule has 110 valence electrons. The lowest BCUT2D eigenvalue weighted by molar-refractivity contribution is 0.210. The standard InChI is InChI=1S/C17H26N2O/c1-14(16-3-5-17(18)6-4-16)7-10-19-11-8-15(9-12-19)13-20-2/h3-6,8,14H,7,9-13,18H2,1-2H3. The van der Waals surface area contributed by atoms with Crippen LogP contribution in [0.25, 0.3) is 0 Å². The van der Waals surface area contributed by atoms with Crippen molar-refractivity contribution in [1.82, 2.24) is 4.90 Å². The number of hydrogen-bond acceptors (Lipinski definition) is 3. The molecule has 0 saturated carbocycles. The molecule has 0 aromatic heterocycles. The van der Waals surface area contributed by atoms with Gasteiger partial charge in [-0.1, -0.05) is 25.1 Å². The van der Waals surface area contributed by atoms with E-state index in [1.807, 2.05) is 12.1 Å². The van der Waals surface area contributed by atoms with Gasteiger partial charge in [-0.3, -0.25) is 4.90 Å². The van der Waals surface area contributed by atoms with Gasteiger partial charge in [-0.25, -0.2) is 0 Å². The van der Waals surface area contributed by atoms with Crippen molar-refractivity contribution < 1.29 is 4.74 Å². The Kier molecular flexibility index (Phi) is 5.62. The predicted molar refractivity (Wildman–Crippen MR) is 84.9 cm³/mol. The van der Waals surface area contributed by atoms with Gasteiger partial charge in [-0.2, -0.15) is 0 Å². The topological polar surface area (TPSA) is 38.5 Å². The fourth-order valence-corrected chi connectivity index (χ4v) is 2.64. The maximum absolute atomic E-state index is 5.73. The van der Waals surface area contributed by atoms with Gasteiger partial charge in [0.15, 0.2) is 0 Å². The normalized spacial score (nSPS) is 17.8. The van der Waals surface area contributed by atoms with Crippen molar-refractivity contribution in [3.63, 3.8) is 0 Å². The molecule has 3 nitrogen and oxygen atoms in total. The molecule has 1 heterocycles. The summed E-state index contributed by atoms with van der Waals surface area (Å²) in [6.45, 7) is 6.45. The van der Waals surface area contributed by atoms with E-state index < -0.39 is 0 Å². The van der Waals surface area contributed by atoms with Crippen LogP contribution in [-0.4, -0.2) is 38.3 Å². The summed E-state index contributed by atoms with van der Waals surface area (Å²) in [7, 11) is 1.77. The van der Waals surface area contributed by atoms with Crippen LogP contribution >= 0.6 is 0 Å². The minimum absolute atomic E-state index is 0.583. The van der Waals surface area contributed by atoms with Crippen LogP contribution in [0.15, 0.2) is 35.9 Å². The Morgan fingerprint density at radius 3 is 2.65 bits per heavy atom. The van der Waals surface area contributed by atoms with Gasteiger partial charge in [0.2, 0.25) is 0 Å². The smallest absolute Gasteiger partial charge is 0.0673 e. The number of nitrogens with two attached hydrogens (primary N) is 1. The van der Waals surface area contributed by atoms with E-state index in [2.05, 4.69) is 30.0 Å². The number of benzene rings is 1. The molecular weight excluding hydrogens is 248 g/mol. The van der Waals surface area contributed by atoms with Crippen LogP contribution in [0.4, 0.5) is 5.69 Å². The molecule has 0 aliphatic carbocycles. The van der Waals surface area contributed by atoms with Gasteiger partial charge in [-0.15, -0.1) is 0 Å². The number of rotatable bonds is 6. The molecule has 0 fully saturated rings. The first-order valence-electron chi connectivity index (χ1n) is 7.43. The van der Waals surface area contributed by atoms with Crippen LogP contribution in [0.3, 0.4) is 0 Å². The molecule has 0 bridgehead atoms. The van der Waals surface area contributed by atoms with Crippen molar-refractivity contribution in [2.24, 2.45) is 0 Å². The SMILES string of the molecule is COCC1=CCN(CCC(C)c2ccc(N)cc2)CC1. The average molecular weight is 274 g/mol. The highest BCUT2D eigenvalue weighted by molar-refractivity contribution is 5.40. The first kappa shape index (κ1) is 15.1. The van der Waals surface area contributed by atoms with Gasteiger partial charge in [0.05, 0.1) is 6.61 Å². The molecule has 1 aromatic carbocycles. The van der Waals surface area contributed by atoms with Gasteiger partial charge in [0, 0.05) is 25.9 Å². The lowest BCUT2D eigenvalue weighted by Gasteiger charge is -2.27. The summed E-state index contributed by atoms with van der Waals surface area (Å²) in [5.74, 6) is 0.583. The van der Waals surface area contributed by atoms with E-state index in [-0.39, 0.29) is 0 Å². The molecule has 3 heteroatoms. The maximum Gasteiger partial charge on any atom is 0.0673 e. The summed E-state index contributed by atoms with van der Waals surface area (Å²) in [5, 5.41) is 0. The van der Waals surface area contributed by atoms with Gasteiger partial charge >= 0.3 is 0 Å². The third-order valence-corrected chi connectivity index (χ3v) is 4.10. The van der Waals surface area contributed by atoms with Crippen LogP contribution in [0, 0.1) is 0 Å². The van der Waals surface area contributed by atoms with Gasteiger partial charge in [-0.05, 0) is 48.6 Å². The summed E-state index contributed by atoms with van der Waals surface area (Å²) in [5.41, 5.74) is 9.39. The quantitative estimate of drug-likeness (QED) is 0.640. The van der Waals surface area contributed by atoms with Crippen molar-refractivity contribution in [1.29, 1.82) is 0 Å². The molecule has 20 heavy (non-hydrogen) atoms. The Hall–Kier alpha value is -1.32. The zero-order valence-corrected chi connectivity index (χ0v) is 12.6. The zero-order chi connectivity index (χ0) is 14.4. The van der Waals surface area contributed by atoms with E-state index in [1.54, 1.807) is 7.11 Å². The monoisotopic (exact) mass is 274 g/mol. The first-order chi connectivity index (χ1) is 9.69. The largest absolute Gasteiger partial charge is 0.399 e. The van der Waals surface area contributed by atoms with Crippen LogP contribution in [0.1, 0.15) is 31.2 Å². The summed E-state index contributed by atoms with van der Waals surface area (Å²) in [6, 6.07) is 8.28. The van der Waals surface area contributed by atoms with E-state index in [1.165, 1.54) is 17.6 Å². The second-order valence-electron chi connectivity index (χ2n) is 5.70. The van der Waals surface area contributed by atoms with Gasteiger partial charge in [0.1, 0.15) is 0 Å².